The van der Waals surface area contributed by atoms with E-state index in [0.717, 1.165) is 10.5 Å². The topological polar surface area (TPSA) is 101 Å². The summed E-state index contributed by atoms with van der Waals surface area (Å²) in [5.41, 5.74) is -2.19. The Balaban J connectivity index is 1.90. The van der Waals surface area contributed by atoms with Gasteiger partial charge >= 0.3 is 12.1 Å². The average Bonchev–Trinajstić information content (AvgIpc) is 3.27. The fourth-order valence-corrected chi connectivity index (χ4v) is 3.38. The fourth-order valence-electron chi connectivity index (χ4n) is 3.38. The highest BCUT2D eigenvalue weighted by molar-refractivity contribution is 5.84. The first-order chi connectivity index (χ1) is 13.2. The minimum Gasteiger partial charge on any atom is -0.481 e. The lowest BCUT2D eigenvalue weighted by Crippen LogP contribution is -2.48. The lowest BCUT2D eigenvalue weighted by molar-refractivity contribution is -0.227. The predicted octanol–water partition coefficient (Wildman–Crippen LogP) is 1.63. The number of likely N-dealkylation sites (tertiary alicyclic amines) is 1. The van der Waals surface area contributed by atoms with Gasteiger partial charge in [-0.15, -0.1) is 5.10 Å². The van der Waals surface area contributed by atoms with Crippen molar-refractivity contribution in [3.63, 3.8) is 0 Å². The molecular formula is C17H18F3N5O3. The van der Waals surface area contributed by atoms with E-state index in [1.165, 1.54) is 4.68 Å². The molecule has 2 heterocycles. The average molecular weight is 397 g/mol. The zero-order chi connectivity index (χ0) is 20.5. The Hall–Kier alpha value is -2.98. The molecule has 150 valence electrons. The third-order valence-electron chi connectivity index (χ3n) is 5.04. The first-order valence-electron chi connectivity index (χ1n) is 8.53. The molecule has 0 spiro atoms. The highest BCUT2D eigenvalue weighted by Gasteiger charge is 2.64. The molecule has 1 amide bonds. The van der Waals surface area contributed by atoms with Crippen LogP contribution < -0.4 is 0 Å². The van der Waals surface area contributed by atoms with Gasteiger partial charge in [0.05, 0.1) is 0 Å². The van der Waals surface area contributed by atoms with Gasteiger partial charge < -0.3 is 10.0 Å². The van der Waals surface area contributed by atoms with Gasteiger partial charge in [0.25, 0.3) is 0 Å². The maximum Gasteiger partial charge on any atom is 0.406 e. The van der Waals surface area contributed by atoms with E-state index in [1.54, 1.807) is 37.3 Å². The number of hydrogen-bond donors (Lipinski definition) is 1. The molecule has 1 aliphatic rings. The molecule has 2 unspecified atom stereocenters. The summed E-state index contributed by atoms with van der Waals surface area (Å²) < 4.78 is 41.6. The van der Waals surface area contributed by atoms with Gasteiger partial charge in [-0.05, 0) is 29.3 Å². The first-order valence-corrected chi connectivity index (χ1v) is 8.53. The Bertz CT molecular complexity index is 870. The second-order valence-corrected chi connectivity index (χ2v) is 6.77. The maximum absolute atomic E-state index is 13.4. The zero-order valence-corrected chi connectivity index (χ0v) is 14.9. The number of carbonyl (C=O) groups excluding carboxylic acids is 1. The molecule has 11 heteroatoms. The van der Waals surface area contributed by atoms with Crippen LogP contribution in [0.25, 0.3) is 0 Å². The van der Waals surface area contributed by atoms with E-state index >= 15 is 0 Å². The molecular weight excluding hydrogens is 379 g/mol. The van der Waals surface area contributed by atoms with Crippen molar-refractivity contribution in [1.82, 2.24) is 25.1 Å². The van der Waals surface area contributed by atoms with Crippen LogP contribution >= 0.6 is 0 Å². The van der Waals surface area contributed by atoms with Crippen LogP contribution in [0.4, 0.5) is 13.2 Å². The van der Waals surface area contributed by atoms with E-state index < -0.39 is 42.5 Å². The van der Waals surface area contributed by atoms with E-state index in [-0.39, 0.29) is 13.0 Å². The first kappa shape index (κ1) is 19.8. The largest absolute Gasteiger partial charge is 0.481 e. The van der Waals surface area contributed by atoms with Crippen LogP contribution in [0.5, 0.6) is 0 Å². The predicted molar refractivity (Wildman–Crippen MR) is 89.1 cm³/mol. The number of carbonyl (C=O) groups is 2. The van der Waals surface area contributed by atoms with Crippen molar-refractivity contribution in [2.75, 3.05) is 13.1 Å². The minimum absolute atomic E-state index is 0.161. The SMILES string of the molecule is Cc1nnnn1C(Cc1ccccc1)C(=O)N1CCC(C(=O)O)(C(F)(F)F)C1. The molecule has 1 fully saturated rings. The van der Waals surface area contributed by atoms with Crippen LogP contribution in [-0.2, 0) is 16.0 Å². The Morgan fingerprint density at radius 2 is 1.96 bits per heavy atom. The number of rotatable bonds is 5. The molecule has 28 heavy (non-hydrogen) atoms. The summed E-state index contributed by atoms with van der Waals surface area (Å²) >= 11 is 0. The number of carboxylic acids is 1. The van der Waals surface area contributed by atoms with Gasteiger partial charge in [0.1, 0.15) is 11.9 Å². The van der Waals surface area contributed by atoms with E-state index in [1.807, 2.05) is 0 Å². The second-order valence-electron chi connectivity index (χ2n) is 6.77. The molecule has 1 aromatic heterocycles. The highest BCUT2D eigenvalue weighted by atomic mass is 19.4. The van der Waals surface area contributed by atoms with E-state index in [2.05, 4.69) is 15.5 Å². The van der Waals surface area contributed by atoms with Crippen LogP contribution in [0.1, 0.15) is 23.9 Å². The van der Waals surface area contributed by atoms with Gasteiger partial charge in [-0.3, -0.25) is 9.59 Å². The van der Waals surface area contributed by atoms with E-state index in [0.29, 0.717) is 5.82 Å². The maximum atomic E-state index is 13.4. The number of aliphatic carboxylic acids is 1. The van der Waals surface area contributed by atoms with Gasteiger partial charge in [0, 0.05) is 19.5 Å². The zero-order valence-electron chi connectivity index (χ0n) is 14.9. The lowest BCUT2D eigenvalue weighted by atomic mass is 9.86. The van der Waals surface area contributed by atoms with Crippen LogP contribution in [0.2, 0.25) is 0 Å². The summed E-state index contributed by atoms with van der Waals surface area (Å²) in [6.45, 7) is 0.334. The van der Waals surface area contributed by atoms with Crippen molar-refractivity contribution >= 4 is 11.9 Å². The quantitative estimate of drug-likeness (QED) is 0.823. The number of alkyl halides is 3. The summed E-state index contributed by atoms with van der Waals surface area (Å²) in [6, 6.07) is 7.93. The molecule has 2 aromatic rings. The lowest BCUT2D eigenvalue weighted by Gasteiger charge is -2.28. The summed E-state index contributed by atoms with van der Waals surface area (Å²) in [5.74, 6) is -2.30. The third-order valence-corrected chi connectivity index (χ3v) is 5.04. The number of amides is 1. The summed E-state index contributed by atoms with van der Waals surface area (Å²) in [4.78, 5) is 25.4. The Morgan fingerprint density at radius 1 is 1.29 bits per heavy atom. The molecule has 8 nitrogen and oxygen atoms in total. The van der Waals surface area contributed by atoms with Crippen molar-refractivity contribution in [1.29, 1.82) is 0 Å². The van der Waals surface area contributed by atoms with Crippen molar-refractivity contribution in [3.8, 4) is 0 Å². The molecule has 1 N–H and O–H groups in total. The summed E-state index contributed by atoms with van der Waals surface area (Å²) in [5, 5.41) is 20.2. The van der Waals surface area contributed by atoms with E-state index in [9.17, 15) is 27.9 Å². The number of halogens is 3. The van der Waals surface area contributed by atoms with Gasteiger partial charge in [0.2, 0.25) is 5.91 Å². The molecule has 3 rings (SSSR count). The monoisotopic (exact) mass is 397 g/mol. The van der Waals surface area contributed by atoms with Crippen molar-refractivity contribution in [2.24, 2.45) is 5.41 Å². The fraction of sp³-hybridized carbons (Fsp3) is 0.471. The minimum atomic E-state index is -4.96. The summed E-state index contributed by atoms with van der Waals surface area (Å²) in [7, 11) is 0. The second kappa shape index (κ2) is 7.21. The van der Waals surface area contributed by atoms with Crippen molar-refractivity contribution in [2.45, 2.75) is 32.0 Å². The van der Waals surface area contributed by atoms with Crippen LogP contribution in [-0.4, -0.2) is 61.4 Å². The number of tetrazole rings is 1. The van der Waals surface area contributed by atoms with Gasteiger partial charge in [0.15, 0.2) is 5.41 Å². The molecule has 1 aliphatic heterocycles. The molecule has 0 saturated carbocycles. The number of carboxylic acid groups (broad SMARTS) is 1. The summed E-state index contributed by atoms with van der Waals surface area (Å²) in [6.07, 6.45) is -5.49. The number of aryl methyl sites for hydroxylation is 1. The smallest absolute Gasteiger partial charge is 0.406 e. The molecule has 2 atom stereocenters. The van der Waals surface area contributed by atoms with E-state index in [4.69, 9.17) is 0 Å². The molecule has 0 aliphatic carbocycles. The highest BCUT2D eigenvalue weighted by Crippen LogP contribution is 2.46. The normalized spacial score (nSPS) is 20.9. The van der Waals surface area contributed by atoms with Crippen molar-refractivity contribution < 1.29 is 27.9 Å². The van der Waals surface area contributed by atoms with Gasteiger partial charge in [-0.1, -0.05) is 30.3 Å². The Kier molecular flexibility index (Phi) is 5.09. The number of benzene rings is 1. The van der Waals surface area contributed by atoms with Gasteiger partial charge in [-0.25, -0.2) is 4.68 Å². The van der Waals surface area contributed by atoms with Crippen LogP contribution in [0.15, 0.2) is 30.3 Å². The number of hydrogen-bond acceptors (Lipinski definition) is 5. The van der Waals surface area contributed by atoms with Crippen molar-refractivity contribution in [3.05, 3.63) is 41.7 Å². The standard InChI is InChI=1S/C17H18F3N5O3/c1-11-21-22-23-25(11)13(9-12-5-3-2-4-6-12)14(26)24-8-7-16(10-24,15(27)28)17(18,19)20/h2-6,13H,7-10H2,1H3,(H,27,28). The molecule has 0 radical (unpaired) electrons. The Labute approximate surface area is 157 Å². The Morgan fingerprint density at radius 3 is 2.46 bits per heavy atom. The number of aromatic nitrogens is 4. The number of nitrogens with zero attached hydrogens (tertiary/aromatic N) is 5. The molecule has 0 bridgehead atoms. The molecule has 1 saturated heterocycles. The van der Waals surface area contributed by atoms with Crippen LogP contribution in [0.3, 0.4) is 0 Å². The van der Waals surface area contributed by atoms with Crippen LogP contribution in [0, 0.1) is 12.3 Å². The third kappa shape index (κ3) is 3.43. The molecule has 1 aromatic carbocycles. The van der Waals surface area contributed by atoms with Gasteiger partial charge in [-0.2, -0.15) is 13.2 Å².